The van der Waals surface area contributed by atoms with Crippen LogP contribution < -0.4 is 5.32 Å². The lowest BCUT2D eigenvalue weighted by Crippen LogP contribution is -2.51. The van der Waals surface area contributed by atoms with E-state index in [2.05, 4.69) is 25.4 Å². The number of aromatic amines is 1. The summed E-state index contributed by atoms with van der Waals surface area (Å²) in [6.45, 7) is 5.65. The number of nitrogens with zero attached hydrogens (tertiary/aromatic N) is 3. The van der Waals surface area contributed by atoms with Crippen molar-refractivity contribution in [2.45, 2.75) is 19.6 Å². The first-order valence-corrected chi connectivity index (χ1v) is 6.79. The van der Waals surface area contributed by atoms with Gasteiger partial charge in [-0.2, -0.15) is 5.10 Å². The molecular formula is C13H23N5O2. The third-order valence-electron chi connectivity index (χ3n) is 3.37. The molecule has 112 valence electrons. The first-order valence-electron chi connectivity index (χ1n) is 6.79. The molecule has 7 heteroatoms. The predicted molar refractivity (Wildman–Crippen MR) is 76.7 cm³/mol. The van der Waals surface area contributed by atoms with Crippen molar-refractivity contribution < 1.29 is 9.47 Å². The number of H-pyrrole nitrogens is 1. The zero-order chi connectivity index (χ0) is 14.4. The van der Waals surface area contributed by atoms with Crippen LogP contribution in [0.1, 0.15) is 11.3 Å². The minimum atomic E-state index is 0.1000. The van der Waals surface area contributed by atoms with Crippen LogP contribution in [0, 0.1) is 6.92 Å². The third-order valence-corrected chi connectivity index (χ3v) is 3.37. The third kappa shape index (κ3) is 3.71. The summed E-state index contributed by atoms with van der Waals surface area (Å²) in [7, 11) is 3.49. The highest BCUT2D eigenvalue weighted by Gasteiger charge is 2.22. The first kappa shape index (κ1) is 14.8. The second-order valence-corrected chi connectivity index (χ2v) is 4.82. The molecule has 1 atom stereocenters. The number of aryl methyl sites for hydroxylation is 1. The van der Waals surface area contributed by atoms with Crippen LogP contribution in [0.25, 0.3) is 0 Å². The van der Waals surface area contributed by atoms with E-state index in [1.54, 1.807) is 14.2 Å². The second kappa shape index (κ2) is 7.25. The normalized spacial score (nSPS) is 20.2. The Kier molecular flexibility index (Phi) is 5.37. The Labute approximate surface area is 119 Å². The summed E-state index contributed by atoms with van der Waals surface area (Å²) < 4.78 is 10.8. The smallest absolute Gasteiger partial charge is 0.194 e. The Hall–Kier alpha value is -1.60. The van der Waals surface area contributed by atoms with Crippen molar-refractivity contribution in [2.24, 2.45) is 4.99 Å². The van der Waals surface area contributed by atoms with Gasteiger partial charge in [0, 0.05) is 45.0 Å². The topological polar surface area (TPSA) is 74.8 Å². The van der Waals surface area contributed by atoms with Crippen molar-refractivity contribution in [3.05, 3.63) is 17.5 Å². The van der Waals surface area contributed by atoms with Gasteiger partial charge >= 0.3 is 0 Å². The maximum absolute atomic E-state index is 5.65. The number of morpholine rings is 1. The van der Waals surface area contributed by atoms with E-state index in [4.69, 9.17) is 9.47 Å². The number of guanidine groups is 1. The van der Waals surface area contributed by atoms with Crippen molar-refractivity contribution in [2.75, 3.05) is 40.5 Å². The molecule has 0 spiro atoms. The van der Waals surface area contributed by atoms with Crippen LogP contribution >= 0.6 is 0 Å². The van der Waals surface area contributed by atoms with Gasteiger partial charge in [-0.25, -0.2) is 0 Å². The fraction of sp³-hybridized carbons (Fsp3) is 0.692. The molecule has 2 heterocycles. The number of nitrogens with one attached hydrogen (secondary N) is 2. The van der Waals surface area contributed by atoms with Gasteiger partial charge in [0.05, 0.1) is 25.5 Å². The summed E-state index contributed by atoms with van der Waals surface area (Å²) in [5.41, 5.74) is 2.22. The monoisotopic (exact) mass is 281 g/mol. The fourth-order valence-electron chi connectivity index (χ4n) is 2.26. The lowest BCUT2D eigenvalue weighted by Gasteiger charge is -2.34. The molecule has 1 aliphatic rings. The van der Waals surface area contributed by atoms with E-state index in [0.717, 1.165) is 30.3 Å². The van der Waals surface area contributed by atoms with E-state index in [9.17, 15) is 0 Å². The highest BCUT2D eigenvalue weighted by Crippen LogP contribution is 2.07. The van der Waals surface area contributed by atoms with Gasteiger partial charge in [0.1, 0.15) is 0 Å². The second-order valence-electron chi connectivity index (χ2n) is 4.82. The summed E-state index contributed by atoms with van der Waals surface area (Å²) in [5, 5.41) is 10.3. The fourth-order valence-corrected chi connectivity index (χ4v) is 2.26. The molecule has 1 aliphatic heterocycles. The lowest BCUT2D eigenvalue weighted by molar-refractivity contribution is -0.0447. The minimum Gasteiger partial charge on any atom is -0.382 e. The number of methoxy groups -OCH3 is 1. The van der Waals surface area contributed by atoms with Crippen LogP contribution in [-0.4, -0.2) is 67.6 Å². The van der Waals surface area contributed by atoms with Gasteiger partial charge in [-0.1, -0.05) is 0 Å². The van der Waals surface area contributed by atoms with Crippen molar-refractivity contribution >= 4 is 5.96 Å². The van der Waals surface area contributed by atoms with Gasteiger partial charge in [-0.3, -0.25) is 10.1 Å². The zero-order valence-corrected chi connectivity index (χ0v) is 12.3. The molecule has 20 heavy (non-hydrogen) atoms. The predicted octanol–water partition coefficient (Wildman–Crippen LogP) is 0.141. The average Bonchev–Trinajstić information content (AvgIpc) is 2.86. The number of hydrogen-bond donors (Lipinski definition) is 2. The Morgan fingerprint density at radius 1 is 1.70 bits per heavy atom. The zero-order valence-electron chi connectivity index (χ0n) is 12.3. The van der Waals surface area contributed by atoms with Crippen LogP contribution in [0.3, 0.4) is 0 Å². The van der Waals surface area contributed by atoms with Gasteiger partial charge in [0.15, 0.2) is 5.96 Å². The van der Waals surface area contributed by atoms with Gasteiger partial charge in [-0.15, -0.1) is 0 Å². The van der Waals surface area contributed by atoms with Crippen LogP contribution in [-0.2, 0) is 16.0 Å². The molecule has 1 unspecified atom stereocenters. The number of aromatic nitrogens is 2. The van der Waals surface area contributed by atoms with E-state index in [0.29, 0.717) is 19.8 Å². The Morgan fingerprint density at radius 2 is 2.55 bits per heavy atom. The molecule has 0 bridgehead atoms. The lowest BCUT2D eigenvalue weighted by atomic mass is 10.2. The Balaban J connectivity index is 1.89. The molecule has 1 fully saturated rings. The average molecular weight is 281 g/mol. The summed E-state index contributed by atoms with van der Waals surface area (Å²) in [6, 6.07) is 0. The summed E-state index contributed by atoms with van der Waals surface area (Å²) in [4.78, 5) is 6.54. The largest absolute Gasteiger partial charge is 0.382 e. The van der Waals surface area contributed by atoms with E-state index in [1.165, 1.54) is 0 Å². The van der Waals surface area contributed by atoms with E-state index in [-0.39, 0.29) is 6.10 Å². The van der Waals surface area contributed by atoms with Gasteiger partial charge in [0.2, 0.25) is 0 Å². The minimum absolute atomic E-state index is 0.1000. The van der Waals surface area contributed by atoms with Crippen molar-refractivity contribution in [3.8, 4) is 0 Å². The van der Waals surface area contributed by atoms with Crippen molar-refractivity contribution in [1.29, 1.82) is 0 Å². The molecular weight excluding hydrogens is 258 g/mol. The molecule has 0 radical (unpaired) electrons. The first-order chi connectivity index (χ1) is 9.74. The molecule has 0 aliphatic carbocycles. The van der Waals surface area contributed by atoms with Gasteiger partial charge in [-0.05, 0) is 6.92 Å². The van der Waals surface area contributed by atoms with Crippen LogP contribution in [0.5, 0.6) is 0 Å². The Bertz CT molecular complexity index is 444. The summed E-state index contributed by atoms with van der Waals surface area (Å²) in [6.07, 6.45) is 1.94. The number of rotatable bonds is 4. The molecule has 0 amide bonds. The van der Waals surface area contributed by atoms with Gasteiger partial charge in [0.25, 0.3) is 0 Å². The van der Waals surface area contributed by atoms with E-state index >= 15 is 0 Å². The quantitative estimate of drug-likeness (QED) is 0.606. The highest BCUT2D eigenvalue weighted by molar-refractivity contribution is 5.80. The molecule has 1 aromatic rings. The van der Waals surface area contributed by atoms with E-state index in [1.807, 2.05) is 13.1 Å². The van der Waals surface area contributed by atoms with Crippen LogP contribution in [0.4, 0.5) is 0 Å². The molecule has 2 N–H and O–H groups in total. The molecule has 2 rings (SSSR count). The molecule has 1 aromatic heterocycles. The van der Waals surface area contributed by atoms with E-state index < -0.39 is 0 Å². The van der Waals surface area contributed by atoms with Gasteiger partial charge < -0.3 is 19.7 Å². The number of ether oxygens (including phenoxy) is 2. The maximum atomic E-state index is 5.65. The highest BCUT2D eigenvalue weighted by atomic mass is 16.5. The van der Waals surface area contributed by atoms with Crippen molar-refractivity contribution in [3.63, 3.8) is 0 Å². The van der Waals surface area contributed by atoms with Crippen LogP contribution in [0.15, 0.2) is 11.2 Å². The summed E-state index contributed by atoms with van der Waals surface area (Å²) in [5.74, 6) is 0.884. The molecule has 0 aromatic carbocycles. The SMILES string of the molecule is CN=C(NCc1cn[nH]c1C)N1CCOC(COC)C1. The number of aliphatic imine (C=N–C) groups is 1. The van der Waals surface area contributed by atoms with Crippen molar-refractivity contribution in [1.82, 2.24) is 20.4 Å². The van der Waals surface area contributed by atoms with Crippen LogP contribution in [0.2, 0.25) is 0 Å². The number of hydrogen-bond acceptors (Lipinski definition) is 4. The maximum Gasteiger partial charge on any atom is 0.194 e. The molecule has 0 saturated carbocycles. The standard InChI is InChI=1S/C13H23N5O2/c1-10-11(7-16-17-10)6-15-13(14-2)18-4-5-20-12(8-18)9-19-3/h7,12H,4-6,8-9H2,1-3H3,(H,14,15)(H,16,17). The summed E-state index contributed by atoms with van der Waals surface area (Å²) >= 11 is 0. The Morgan fingerprint density at radius 3 is 3.20 bits per heavy atom. The molecule has 7 nitrogen and oxygen atoms in total. The molecule has 1 saturated heterocycles.